The number of carbonyl (C=O) groups is 1. The molecule has 2 aromatic rings. The smallest absolute Gasteiger partial charge is 0.243 e. The maximum absolute atomic E-state index is 12.9. The molecule has 2 aliphatic rings. The van der Waals surface area contributed by atoms with E-state index in [0.717, 1.165) is 17.0 Å². The molecule has 1 aliphatic carbocycles. The Hall–Kier alpha value is -1.67. The predicted octanol–water partition coefficient (Wildman–Crippen LogP) is 3.28. The van der Waals surface area contributed by atoms with Crippen LogP contribution < -0.4 is 0 Å². The lowest BCUT2D eigenvalue weighted by Crippen LogP contribution is -2.49. The van der Waals surface area contributed by atoms with Crippen molar-refractivity contribution < 1.29 is 13.2 Å². The second-order valence-electron chi connectivity index (χ2n) is 7.94. The van der Waals surface area contributed by atoms with E-state index in [9.17, 15) is 13.2 Å². The minimum Gasteiger partial charge on any atom is -0.345 e. The summed E-state index contributed by atoms with van der Waals surface area (Å²) in [6.07, 6.45) is 2.38. The third-order valence-corrected chi connectivity index (χ3v) is 8.01. The normalized spacial score (nSPS) is 18.9. The number of hydrogen-bond donors (Lipinski definition) is 0. The van der Waals surface area contributed by atoms with Crippen molar-refractivity contribution in [3.8, 4) is 0 Å². The first-order valence-corrected chi connectivity index (χ1v) is 11.8. The molecular formula is C21H26ClN3O3S. The molecule has 2 heterocycles. The third-order valence-electron chi connectivity index (χ3n) is 5.85. The van der Waals surface area contributed by atoms with E-state index in [2.05, 4.69) is 11.5 Å². The molecule has 1 saturated heterocycles. The number of nitrogens with zero attached hydrogens (tertiary/aromatic N) is 3. The van der Waals surface area contributed by atoms with Gasteiger partial charge in [0.05, 0.1) is 11.4 Å². The van der Waals surface area contributed by atoms with Gasteiger partial charge in [0, 0.05) is 54.2 Å². The van der Waals surface area contributed by atoms with Gasteiger partial charge in [-0.25, -0.2) is 8.42 Å². The average Bonchev–Trinajstić information content (AvgIpc) is 3.47. The topological polar surface area (TPSA) is 62.6 Å². The van der Waals surface area contributed by atoms with Crippen molar-refractivity contribution in [1.82, 2.24) is 13.8 Å². The molecule has 0 amide bonds. The van der Waals surface area contributed by atoms with E-state index in [1.807, 2.05) is 17.9 Å². The maximum Gasteiger partial charge on any atom is 0.243 e. The quantitative estimate of drug-likeness (QED) is 0.653. The Kier molecular flexibility index (Phi) is 5.59. The molecule has 0 unspecified atom stereocenters. The fourth-order valence-electron chi connectivity index (χ4n) is 4.13. The molecule has 4 rings (SSSR count). The molecule has 1 aromatic heterocycles. The van der Waals surface area contributed by atoms with Gasteiger partial charge in [0.1, 0.15) is 0 Å². The van der Waals surface area contributed by atoms with Crippen LogP contribution in [0.3, 0.4) is 0 Å². The van der Waals surface area contributed by atoms with E-state index < -0.39 is 10.0 Å². The highest BCUT2D eigenvalue weighted by atomic mass is 35.5. The summed E-state index contributed by atoms with van der Waals surface area (Å²) in [5.41, 5.74) is 3.00. The lowest BCUT2D eigenvalue weighted by atomic mass is 10.1. The van der Waals surface area contributed by atoms with Crippen LogP contribution in [0.4, 0.5) is 0 Å². The van der Waals surface area contributed by atoms with Crippen molar-refractivity contribution in [2.45, 2.75) is 37.6 Å². The fourth-order valence-corrected chi connectivity index (χ4v) is 5.67. The first-order valence-electron chi connectivity index (χ1n) is 9.97. The van der Waals surface area contributed by atoms with Crippen LogP contribution in [0.25, 0.3) is 0 Å². The first-order chi connectivity index (χ1) is 13.8. The van der Waals surface area contributed by atoms with E-state index >= 15 is 0 Å². The van der Waals surface area contributed by atoms with Crippen LogP contribution in [0.2, 0.25) is 5.02 Å². The van der Waals surface area contributed by atoms with E-state index in [1.54, 1.807) is 12.1 Å². The molecule has 0 N–H and O–H groups in total. The summed E-state index contributed by atoms with van der Waals surface area (Å²) in [5, 5.41) is 0.508. The number of aryl methyl sites for hydroxylation is 1. The van der Waals surface area contributed by atoms with E-state index in [0.29, 0.717) is 43.8 Å². The molecular weight excluding hydrogens is 410 g/mol. The summed E-state index contributed by atoms with van der Waals surface area (Å²) in [5.74, 6) is 0.110. The van der Waals surface area contributed by atoms with Crippen molar-refractivity contribution in [3.05, 3.63) is 52.3 Å². The number of ketones is 1. The Bertz CT molecular complexity index is 1020. The summed E-state index contributed by atoms with van der Waals surface area (Å²) in [4.78, 5) is 15.2. The van der Waals surface area contributed by atoms with E-state index in [1.165, 1.54) is 29.3 Å². The Morgan fingerprint density at radius 2 is 1.69 bits per heavy atom. The van der Waals surface area contributed by atoms with Crippen molar-refractivity contribution in [2.75, 3.05) is 32.7 Å². The lowest BCUT2D eigenvalue weighted by Gasteiger charge is -2.33. The largest absolute Gasteiger partial charge is 0.345 e. The standard InChI is InChI=1S/C21H26ClN3O3S/c1-15-13-20(16(2)25(15)18-5-6-18)21(26)14-23-9-11-24(12-10-23)29(27,28)19-7-3-17(22)4-8-19/h3-4,7-8,13,18H,5-6,9-12,14H2,1-2H3. The third kappa shape index (κ3) is 4.14. The van der Waals surface area contributed by atoms with Gasteiger partial charge in [0.15, 0.2) is 5.78 Å². The monoisotopic (exact) mass is 435 g/mol. The molecule has 0 radical (unpaired) electrons. The summed E-state index contributed by atoms with van der Waals surface area (Å²) in [6.45, 7) is 6.24. The van der Waals surface area contributed by atoms with E-state index in [4.69, 9.17) is 11.6 Å². The minimum atomic E-state index is -3.53. The highest BCUT2D eigenvalue weighted by molar-refractivity contribution is 7.89. The van der Waals surface area contributed by atoms with Crippen LogP contribution in [0.5, 0.6) is 0 Å². The van der Waals surface area contributed by atoms with Gasteiger partial charge >= 0.3 is 0 Å². The van der Waals surface area contributed by atoms with Crippen LogP contribution in [-0.2, 0) is 10.0 Å². The molecule has 1 saturated carbocycles. The Labute approximate surface area is 177 Å². The lowest BCUT2D eigenvalue weighted by molar-refractivity contribution is 0.0901. The highest BCUT2D eigenvalue weighted by Crippen LogP contribution is 2.38. The zero-order chi connectivity index (χ0) is 20.8. The number of carbonyl (C=O) groups excluding carboxylic acids is 1. The molecule has 0 spiro atoms. The van der Waals surface area contributed by atoms with Gasteiger partial charge in [-0.05, 0) is 57.0 Å². The number of sulfonamides is 1. The first kappa shape index (κ1) is 20.6. The summed E-state index contributed by atoms with van der Waals surface area (Å²) in [6, 6.07) is 8.78. The van der Waals surface area contributed by atoms with Gasteiger partial charge in [-0.1, -0.05) is 11.6 Å². The van der Waals surface area contributed by atoms with Crippen molar-refractivity contribution in [2.24, 2.45) is 0 Å². The Balaban J connectivity index is 1.38. The minimum absolute atomic E-state index is 0.110. The Morgan fingerprint density at radius 3 is 2.28 bits per heavy atom. The van der Waals surface area contributed by atoms with Gasteiger partial charge in [-0.15, -0.1) is 0 Å². The van der Waals surface area contributed by atoms with Crippen LogP contribution in [0.15, 0.2) is 35.2 Å². The second kappa shape index (κ2) is 7.87. The molecule has 156 valence electrons. The highest BCUT2D eigenvalue weighted by Gasteiger charge is 2.31. The zero-order valence-electron chi connectivity index (χ0n) is 16.8. The van der Waals surface area contributed by atoms with Crippen molar-refractivity contribution >= 4 is 27.4 Å². The van der Waals surface area contributed by atoms with Crippen LogP contribution in [0, 0.1) is 13.8 Å². The number of benzene rings is 1. The second-order valence-corrected chi connectivity index (χ2v) is 10.3. The van der Waals surface area contributed by atoms with Gasteiger partial charge in [-0.2, -0.15) is 4.31 Å². The van der Waals surface area contributed by atoms with Gasteiger partial charge in [0.2, 0.25) is 10.0 Å². The molecule has 8 heteroatoms. The Morgan fingerprint density at radius 1 is 1.07 bits per heavy atom. The number of rotatable bonds is 6. The van der Waals surface area contributed by atoms with E-state index in [-0.39, 0.29) is 10.7 Å². The summed E-state index contributed by atoms with van der Waals surface area (Å²) < 4.78 is 29.4. The maximum atomic E-state index is 12.9. The number of halogens is 1. The van der Waals surface area contributed by atoms with Crippen molar-refractivity contribution in [1.29, 1.82) is 0 Å². The van der Waals surface area contributed by atoms with Crippen LogP contribution in [0.1, 0.15) is 40.6 Å². The molecule has 1 aliphatic heterocycles. The summed E-state index contributed by atoms with van der Waals surface area (Å²) in [7, 11) is -3.53. The molecule has 0 bridgehead atoms. The molecule has 2 fully saturated rings. The van der Waals surface area contributed by atoms with Gasteiger partial charge in [0.25, 0.3) is 0 Å². The van der Waals surface area contributed by atoms with Crippen molar-refractivity contribution in [3.63, 3.8) is 0 Å². The molecule has 0 atom stereocenters. The molecule has 29 heavy (non-hydrogen) atoms. The fraction of sp³-hybridized carbons (Fsp3) is 0.476. The number of hydrogen-bond acceptors (Lipinski definition) is 4. The SMILES string of the molecule is Cc1cc(C(=O)CN2CCN(S(=O)(=O)c3ccc(Cl)cc3)CC2)c(C)n1C1CC1. The number of piperazine rings is 1. The van der Waals surface area contributed by atoms with Crippen LogP contribution >= 0.6 is 11.6 Å². The van der Waals surface area contributed by atoms with Crippen LogP contribution in [-0.4, -0.2) is 60.7 Å². The predicted molar refractivity (Wildman–Crippen MR) is 113 cm³/mol. The summed E-state index contributed by atoms with van der Waals surface area (Å²) >= 11 is 5.86. The zero-order valence-corrected chi connectivity index (χ0v) is 18.3. The molecule has 1 aromatic carbocycles. The molecule has 6 nitrogen and oxygen atoms in total. The number of Topliss-reactive ketones (excluding diaryl/α,β-unsaturated/α-hetero) is 1. The van der Waals surface area contributed by atoms with Gasteiger partial charge < -0.3 is 4.57 Å². The van der Waals surface area contributed by atoms with Gasteiger partial charge in [-0.3, -0.25) is 9.69 Å². The number of aromatic nitrogens is 1. The average molecular weight is 436 g/mol.